The van der Waals surface area contributed by atoms with Crippen LogP contribution in [0.3, 0.4) is 0 Å². The number of piperidine rings is 1. The highest BCUT2D eigenvalue weighted by Gasteiger charge is 2.29. The molecule has 0 aromatic rings. The van der Waals surface area contributed by atoms with E-state index in [1.807, 2.05) is 0 Å². The number of hydrogen-bond donors (Lipinski definition) is 1. The highest BCUT2D eigenvalue weighted by molar-refractivity contribution is 4.87. The maximum absolute atomic E-state index is 3.77. The summed E-state index contributed by atoms with van der Waals surface area (Å²) in [6.45, 7) is 8.48. The van der Waals surface area contributed by atoms with Crippen LogP contribution in [0, 0.1) is 5.92 Å². The van der Waals surface area contributed by atoms with E-state index >= 15 is 0 Å². The average Bonchev–Trinajstić information content (AvgIpc) is 2.35. The Labute approximate surface area is 114 Å². The van der Waals surface area contributed by atoms with Crippen LogP contribution >= 0.6 is 0 Å². The van der Waals surface area contributed by atoms with Crippen molar-refractivity contribution in [3.8, 4) is 0 Å². The van der Waals surface area contributed by atoms with Gasteiger partial charge < -0.3 is 5.32 Å². The summed E-state index contributed by atoms with van der Waals surface area (Å²) in [6, 6.07) is 1.57. The van der Waals surface area contributed by atoms with Gasteiger partial charge in [-0.2, -0.15) is 0 Å². The van der Waals surface area contributed by atoms with Crippen LogP contribution in [0.2, 0.25) is 0 Å². The molecule has 0 bridgehead atoms. The lowest BCUT2D eigenvalue weighted by atomic mass is 9.88. The first kappa shape index (κ1) is 14.3. The minimum absolute atomic E-state index is 0.753. The summed E-state index contributed by atoms with van der Waals surface area (Å²) < 4.78 is 0. The molecule has 2 nitrogen and oxygen atoms in total. The van der Waals surface area contributed by atoms with Gasteiger partial charge in [0.05, 0.1) is 0 Å². The molecule has 1 aliphatic heterocycles. The van der Waals surface area contributed by atoms with Crippen LogP contribution in [-0.4, -0.2) is 36.6 Å². The van der Waals surface area contributed by atoms with Crippen LogP contribution in [0.15, 0.2) is 0 Å². The van der Waals surface area contributed by atoms with E-state index < -0.39 is 0 Å². The summed E-state index contributed by atoms with van der Waals surface area (Å²) in [5.74, 6) is 0.951. The molecule has 0 aromatic heterocycles. The number of hydrogen-bond acceptors (Lipinski definition) is 2. The Hall–Kier alpha value is -0.0800. The third-order valence-electron chi connectivity index (χ3n) is 4.98. The average molecular weight is 252 g/mol. The quantitative estimate of drug-likeness (QED) is 0.828. The third-order valence-corrected chi connectivity index (χ3v) is 4.98. The number of rotatable bonds is 3. The van der Waals surface area contributed by atoms with Crippen molar-refractivity contribution in [2.24, 2.45) is 5.92 Å². The van der Waals surface area contributed by atoms with Gasteiger partial charge in [-0.3, -0.25) is 4.90 Å². The second-order valence-corrected chi connectivity index (χ2v) is 6.44. The summed E-state index contributed by atoms with van der Waals surface area (Å²) in [5, 5.41) is 3.77. The first-order valence-corrected chi connectivity index (χ1v) is 8.28. The fraction of sp³-hybridized carbons (Fsp3) is 1.00. The van der Waals surface area contributed by atoms with E-state index in [9.17, 15) is 0 Å². The molecule has 2 aliphatic rings. The van der Waals surface area contributed by atoms with Crippen molar-refractivity contribution in [1.82, 2.24) is 10.2 Å². The molecule has 0 spiro atoms. The van der Waals surface area contributed by atoms with Gasteiger partial charge in [-0.1, -0.05) is 39.5 Å². The van der Waals surface area contributed by atoms with Crippen LogP contribution in [0.1, 0.15) is 65.2 Å². The molecule has 0 radical (unpaired) electrons. The second-order valence-electron chi connectivity index (χ2n) is 6.44. The highest BCUT2D eigenvalue weighted by atomic mass is 15.2. The smallest absolute Gasteiger partial charge is 0.0249 e. The molecule has 2 rings (SSSR count). The summed E-state index contributed by atoms with van der Waals surface area (Å²) in [6.07, 6.45) is 11.4. The number of nitrogens with one attached hydrogen (secondary N) is 1. The molecule has 2 unspecified atom stereocenters. The van der Waals surface area contributed by atoms with E-state index in [1.54, 1.807) is 0 Å². The summed E-state index contributed by atoms with van der Waals surface area (Å²) >= 11 is 0. The van der Waals surface area contributed by atoms with Crippen molar-refractivity contribution < 1.29 is 0 Å². The zero-order valence-corrected chi connectivity index (χ0v) is 12.5. The molecule has 0 aromatic carbocycles. The number of likely N-dealkylation sites (tertiary alicyclic amines) is 1. The van der Waals surface area contributed by atoms with E-state index in [1.165, 1.54) is 64.5 Å². The Bertz CT molecular complexity index is 221. The lowest BCUT2D eigenvalue weighted by Gasteiger charge is -2.42. The molecule has 1 N–H and O–H groups in total. The summed E-state index contributed by atoms with van der Waals surface area (Å²) in [5.41, 5.74) is 0. The third kappa shape index (κ3) is 3.96. The van der Waals surface area contributed by atoms with E-state index in [-0.39, 0.29) is 0 Å². The normalized spacial score (nSPS) is 33.0. The Morgan fingerprint density at radius 1 is 0.944 bits per heavy atom. The SMILES string of the molecule is CCNC1CCCCCCC1N1CCC(C)CC1. The maximum atomic E-state index is 3.77. The molecule has 1 saturated carbocycles. The van der Waals surface area contributed by atoms with Gasteiger partial charge in [-0.05, 0) is 51.2 Å². The van der Waals surface area contributed by atoms with Gasteiger partial charge >= 0.3 is 0 Å². The van der Waals surface area contributed by atoms with Gasteiger partial charge in [0.15, 0.2) is 0 Å². The minimum atomic E-state index is 0.753. The Morgan fingerprint density at radius 3 is 2.28 bits per heavy atom. The predicted molar refractivity (Wildman–Crippen MR) is 78.9 cm³/mol. The predicted octanol–water partition coefficient (Wildman–Crippen LogP) is 3.42. The van der Waals surface area contributed by atoms with Crippen molar-refractivity contribution >= 4 is 0 Å². The monoisotopic (exact) mass is 252 g/mol. The first-order chi connectivity index (χ1) is 8.81. The van der Waals surface area contributed by atoms with Crippen molar-refractivity contribution in [2.75, 3.05) is 19.6 Å². The van der Waals surface area contributed by atoms with Gasteiger partial charge in [0.1, 0.15) is 0 Å². The van der Waals surface area contributed by atoms with Crippen molar-refractivity contribution in [2.45, 2.75) is 77.3 Å². The highest BCUT2D eigenvalue weighted by Crippen LogP contribution is 2.26. The van der Waals surface area contributed by atoms with E-state index in [0.29, 0.717) is 0 Å². The van der Waals surface area contributed by atoms with Crippen molar-refractivity contribution in [1.29, 1.82) is 0 Å². The molecule has 1 heterocycles. The molecular formula is C16H32N2. The summed E-state index contributed by atoms with van der Waals surface area (Å²) in [7, 11) is 0. The Morgan fingerprint density at radius 2 is 1.61 bits per heavy atom. The van der Waals surface area contributed by atoms with Gasteiger partial charge in [0, 0.05) is 12.1 Å². The molecule has 106 valence electrons. The van der Waals surface area contributed by atoms with Crippen molar-refractivity contribution in [3.05, 3.63) is 0 Å². The van der Waals surface area contributed by atoms with Gasteiger partial charge in [-0.25, -0.2) is 0 Å². The lowest BCUT2D eigenvalue weighted by Crippen LogP contribution is -2.52. The molecule has 2 atom stereocenters. The number of likely N-dealkylation sites (N-methyl/N-ethyl adjacent to an activating group) is 1. The van der Waals surface area contributed by atoms with E-state index in [2.05, 4.69) is 24.1 Å². The molecule has 1 aliphatic carbocycles. The second kappa shape index (κ2) is 7.49. The van der Waals surface area contributed by atoms with Gasteiger partial charge in [0.25, 0.3) is 0 Å². The minimum Gasteiger partial charge on any atom is -0.313 e. The Balaban J connectivity index is 1.94. The van der Waals surface area contributed by atoms with E-state index in [0.717, 1.165) is 24.5 Å². The zero-order valence-electron chi connectivity index (χ0n) is 12.5. The fourth-order valence-corrected chi connectivity index (χ4v) is 3.76. The van der Waals surface area contributed by atoms with Gasteiger partial charge in [-0.15, -0.1) is 0 Å². The standard InChI is InChI=1S/C16H32N2/c1-3-17-15-8-6-4-5-7-9-16(15)18-12-10-14(2)11-13-18/h14-17H,3-13H2,1-2H3. The van der Waals surface area contributed by atoms with Crippen LogP contribution in [0.5, 0.6) is 0 Å². The van der Waals surface area contributed by atoms with Gasteiger partial charge in [0.2, 0.25) is 0 Å². The summed E-state index contributed by atoms with van der Waals surface area (Å²) in [4.78, 5) is 2.80. The lowest BCUT2D eigenvalue weighted by molar-refractivity contribution is 0.0952. The zero-order chi connectivity index (χ0) is 12.8. The maximum Gasteiger partial charge on any atom is 0.0249 e. The largest absolute Gasteiger partial charge is 0.313 e. The molecule has 1 saturated heterocycles. The molecule has 0 amide bonds. The molecule has 2 heteroatoms. The van der Waals surface area contributed by atoms with Crippen LogP contribution in [0.4, 0.5) is 0 Å². The van der Waals surface area contributed by atoms with Crippen molar-refractivity contribution in [3.63, 3.8) is 0 Å². The topological polar surface area (TPSA) is 15.3 Å². The van der Waals surface area contributed by atoms with Crippen LogP contribution < -0.4 is 5.32 Å². The molecule has 18 heavy (non-hydrogen) atoms. The van der Waals surface area contributed by atoms with E-state index in [4.69, 9.17) is 0 Å². The molecule has 2 fully saturated rings. The Kier molecular flexibility index (Phi) is 5.97. The molecular weight excluding hydrogens is 220 g/mol. The first-order valence-electron chi connectivity index (χ1n) is 8.28. The van der Waals surface area contributed by atoms with Crippen LogP contribution in [-0.2, 0) is 0 Å². The fourth-order valence-electron chi connectivity index (χ4n) is 3.76. The number of nitrogens with zero attached hydrogens (tertiary/aromatic N) is 1. The van der Waals surface area contributed by atoms with Crippen LogP contribution in [0.25, 0.3) is 0 Å².